The van der Waals surface area contributed by atoms with Crippen molar-refractivity contribution in [1.29, 1.82) is 0 Å². The molecule has 3 aromatic heterocycles. The molecule has 3 heterocycles. The maximum Gasteiger partial charge on any atom is 0.327 e. The van der Waals surface area contributed by atoms with Crippen molar-refractivity contribution < 1.29 is 0 Å². The predicted octanol–water partition coefficient (Wildman–Crippen LogP) is 0.208. The molecule has 3 rings (SSSR count). The van der Waals surface area contributed by atoms with Crippen LogP contribution in [0.2, 0.25) is 5.02 Å². The van der Waals surface area contributed by atoms with Crippen LogP contribution in [-0.2, 0) is 0 Å². The number of aromatic amines is 2. The Kier molecular flexibility index (Phi) is 1.96. The van der Waals surface area contributed by atoms with Crippen molar-refractivity contribution in [3.63, 3.8) is 0 Å². The van der Waals surface area contributed by atoms with E-state index in [-0.39, 0.29) is 11.2 Å². The van der Waals surface area contributed by atoms with Gasteiger partial charge in [0, 0.05) is 6.20 Å². The van der Waals surface area contributed by atoms with E-state index in [0.717, 1.165) is 0 Å². The predicted molar refractivity (Wildman–Crippen MR) is 61.1 cm³/mol. The molecular formula is C9H4ClN5O2. The summed E-state index contributed by atoms with van der Waals surface area (Å²) in [5.74, 6) is 0. The van der Waals surface area contributed by atoms with Gasteiger partial charge in [0.25, 0.3) is 5.56 Å². The van der Waals surface area contributed by atoms with Gasteiger partial charge >= 0.3 is 5.69 Å². The fourth-order valence-electron chi connectivity index (χ4n) is 1.47. The molecule has 7 nitrogen and oxygen atoms in total. The standard InChI is InChI=1S/C9H4ClN5O2/c10-3-1-4-6(11-2-3)13-7-5(12-4)8(16)15-9(17)14-7/h1-2H,(H2,11,13,14,15,16,17). The van der Waals surface area contributed by atoms with Crippen LogP contribution in [-0.4, -0.2) is 24.9 Å². The molecule has 0 saturated heterocycles. The molecule has 2 N–H and O–H groups in total. The van der Waals surface area contributed by atoms with E-state index in [1.54, 1.807) is 6.07 Å². The normalized spacial score (nSPS) is 11.1. The maximum absolute atomic E-state index is 11.5. The van der Waals surface area contributed by atoms with E-state index in [4.69, 9.17) is 11.6 Å². The van der Waals surface area contributed by atoms with Crippen molar-refractivity contribution in [1.82, 2.24) is 24.9 Å². The van der Waals surface area contributed by atoms with Crippen LogP contribution in [0.15, 0.2) is 21.9 Å². The molecule has 0 radical (unpaired) electrons. The lowest BCUT2D eigenvalue weighted by Crippen LogP contribution is -2.23. The number of fused-ring (bicyclic) bond motifs is 2. The minimum Gasteiger partial charge on any atom is -0.290 e. The molecule has 8 heteroatoms. The number of nitrogens with one attached hydrogen (secondary N) is 2. The van der Waals surface area contributed by atoms with E-state index in [9.17, 15) is 9.59 Å². The summed E-state index contributed by atoms with van der Waals surface area (Å²) in [4.78, 5) is 39.1. The third kappa shape index (κ3) is 1.56. The molecule has 3 aromatic rings. The first-order valence-corrected chi connectivity index (χ1v) is 4.97. The number of halogens is 1. The number of nitrogens with zero attached hydrogens (tertiary/aromatic N) is 3. The largest absolute Gasteiger partial charge is 0.327 e. The molecule has 0 amide bonds. The number of aromatic nitrogens is 5. The lowest BCUT2D eigenvalue weighted by molar-refractivity contribution is 1.05. The fourth-order valence-corrected chi connectivity index (χ4v) is 1.62. The van der Waals surface area contributed by atoms with Gasteiger partial charge < -0.3 is 0 Å². The van der Waals surface area contributed by atoms with Crippen molar-refractivity contribution in [2.24, 2.45) is 0 Å². The summed E-state index contributed by atoms with van der Waals surface area (Å²) in [7, 11) is 0. The first-order chi connectivity index (χ1) is 8.13. The van der Waals surface area contributed by atoms with Crippen molar-refractivity contribution in [3.8, 4) is 0 Å². The molecule has 0 spiro atoms. The van der Waals surface area contributed by atoms with Crippen LogP contribution >= 0.6 is 11.6 Å². The fraction of sp³-hybridized carbons (Fsp3) is 0. The highest BCUT2D eigenvalue weighted by Crippen LogP contribution is 2.14. The minimum absolute atomic E-state index is 0.0427. The summed E-state index contributed by atoms with van der Waals surface area (Å²) in [5, 5.41) is 0.395. The van der Waals surface area contributed by atoms with Gasteiger partial charge in [-0.3, -0.25) is 14.8 Å². The SMILES string of the molecule is O=c1[nH]c(=O)c2nc3cc(Cl)cnc3nc2[nH]1. The zero-order valence-corrected chi connectivity index (χ0v) is 8.95. The Balaban J connectivity index is 2.56. The summed E-state index contributed by atoms with van der Waals surface area (Å²) in [5.41, 5.74) is -0.392. The second kappa shape index (κ2) is 3.36. The quantitative estimate of drug-likeness (QED) is 0.554. The Labute approximate surface area is 97.5 Å². The monoisotopic (exact) mass is 249 g/mol. The van der Waals surface area contributed by atoms with Crippen LogP contribution in [0.25, 0.3) is 22.3 Å². The number of hydrogen-bond acceptors (Lipinski definition) is 5. The molecule has 0 atom stereocenters. The van der Waals surface area contributed by atoms with E-state index in [0.29, 0.717) is 16.2 Å². The average molecular weight is 250 g/mol. The molecule has 0 bridgehead atoms. The first-order valence-electron chi connectivity index (χ1n) is 4.59. The molecule has 0 aromatic carbocycles. The van der Waals surface area contributed by atoms with Gasteiger partial charge in [0.2, 0.25) is 0 Å². The van der Waals surface area contributed by atoms with Crippen molar-refractivity contribution in [2.45, 2.75) is 0 Å². The van der Waals surface area contributed by atoms with Gasteiger partial charge in [-0.1, -0.05) is 11.6 Å². The summed E-state index contributed by atoms with van der Waals surface area (Å²) in [6.07, 6.45) is 1.41. The lowest BCUT2D eigenvalue weighted by atomic mass is 10.4. The lowest BCUT2D eigenvalue weighted by Gasteiger charge is -1.98. The molecule has 0 fully saturated rings. The molecule has 0 unspecified atom stereocenters. The van der Waals surface area contributed by atoms with Gasteiger partial charge in [0.15, 0.2) is 16.8 Å². The first kappa shape index (κ1) is 9.91. The highest BCUT2D eigenvalue weighted by Gasteiger charge is 2.07. The van der Waals surface area contributed by atoms with Crippen LogP contribution in [0.1, 0.15) is 0 Å². The molecule has 17 heavy (non-hydrogen) atoms. The molecule has 0 aliphatic heterocycles. The molecule has 0 aliphatic rings. The molecule has 0 aliphatic carbocycles. The Morgan fingerprint density at radius 1 is 1.18 bits per heavy atom. The third-order valence-corrected chi connectivity index (χ3v) is 2.37. The van der Waals surface area contributed by atoms with Crippen molar-refractivity contribution >= 4 is 33.9 Å². The average Bonchev–Trinajstić information content (AvgIpc) is 2.27. The summed E-state index contributed by atoms with van der Waals surface area (Å²) in [6, 6.07) is 1.54. The van der Waals surface area contributed by atoms with Crippen molar-refractivity contribution in [3.05, 3.63) is 38.1 Å². The van der Waals surface area contributed by atoms with E-state index in [1.807, 2.05) is 0 Å². The number of rotatable bonds is 0. The Morgan fingerprint density at radius 3 is 2.82 bits per heavy atom. The number of pyridine rings is 1. The molecule has 0 saturated carbocycles. The summed E-state index contributed by atoms with van der Waals surface area (Å²) >= 11 is 5.76. The second-order valence-electron chi connectivity index (χ2n) is 3.33. The van der Waals surface area contributed by atoms with Gasteiger partial charge in [-0.05, 0) is 6.07 Å². The van der Waals surface area contributed by atoms with Gasteiger partial charge in [0.05, 0.1) is 5.02 Å². The summed E-state index contributed by atoms with van der Waals surface area (Å²) in [6.45, 7) is 0. The third-order valence-electron chi connectivity index (χ3n) is 2.16. The van der Waals surface area contributed by atoms with E-state index in [1.165, 1.54) is 6.20 Å². The topological polar surface area (TPSA) is 104 Å². The number of H-pyrrole nitrogens is 2. The minimum atomic E-state index is -0.634. The second-order valence-corrected chi connectivity index (χ2v) is 3.76. The summed E-state index contributed by atoms with van der Waals surface area (Å²) < 4.78 is 0. The Hall–Kier alpha value is -2.28. The Bertz CT molecular complexity index is 853. The maximum atomic E-state index is 11.5. The highest BCUT2D eigenvalue weighted by atomic mass is 35.5. The van der Waals surface area contributed by atoms with Crippen LogP contribution in [0.3, 0.4) is 0 Å². The smallest absolute Gasteiger partial charge is 0.290 e. The van der Waals surface area contributed by atoms with Gasteiger partial charge in [-0.2, -0.15) is 0 Å². The zero-order valence-electron chi connectivity index (χ0n) is 8.19. The van der Waals surface area contributed by atoms with Crippen LogP contribution in [0.4, 0.5) is 0 Å². The van der Waals surface area contributed by atoms with Crippen LogP contribution < -0.4 is 11.2 Å². The van der Waals surface area contributed by atoms with Gasteiger partial charge in [-0.25, -0.2) is 19.7 Å². The van der Waals surface area contributed by atoms with E-state index in [2.05, 4.69) is 24.9 Å². The number of hydrogen-bond donors (Lipinski definition) is 2. The van der Waals surface area contributed by atoms with Crippen LogP contribution in [0.5, 0.6) is 0 Å². The molecule has 84 valence electrons. The van der Waals surface area contributed by atoms with Crippen LogP contribution in [0, 0.1) is 0 Å². The van der Waals surface area contributed by atoms with E-state index < -0.39 is 11.2 Å². The van der Waals surface area contributed by atoms with Crippen molar-refractivity contribution in [2.75, 3.05) is 0 Å². The van der Waals surface area contributed by atoms with Gasteiger partial charge in [-0.15, -0.1) is 0 Å². The molecular weight excluding hydrogens is 246 g/mol. The Morgan fingerprint density at radius 2 is 2.00 bits per heavy atom. The zero-order chi connectivity index (χ0) is 12.0. The van der Waals surface area contributed by atoms with E-state index >= 15 is 0 Å². The van der Waals surface area contributed by atoms with Gasteiger partial charge in [0.1, 0.15) is 5.52 Å². The highest BCUT2D eigenvalue weighted by molar-refractivity contribution is 6.31.